The lowest BCUT2D eigenvalue weighted by molar-refractivity contribution is 0.0940. The van der Waals surface area contributed by atoms with Crippen LogP contribution in [0.25, 0.3) is 0 Å². The third-order valence-corrected chi connectivity index (χ3v) is 4.44. The third-order valence-electron chi connectivity index (χ3n) is 4.44. The number of hydrogen-bond donors (Lipinski definition) is 3. The summed E-state index contributed by atoms with van der Waals surface area (Å²) in [5.41, 5.74) is -0.00519. The summed E-state index contributed by atoms with van der Waals surface area (Å²) in [6.45, 7) is 0.136. The van der Waals surface area contributed by atoms with Crippen molar-refractivity contribution in [3.8, 4) is 11.6 Å². The number of benzene rings is 1. The molecule has 3 rings (SSSR count). The van der Waals surface area contributed by atoms with Crippen molar-refractivity contribution in [2.75, 3.05) is 14.1 Å². The van der Waals surface area contributed by atoms with Gasteiger partial charge in [0.15, 0.2) is 11.5 Å². The van der Waals surface area contributed by atoms with E-state index in [1.54, 1.807) is 12.1 Å². The summed E-state index contributed by atoms with van der Waals surface area (Å²) in [5.74, 6) is -1.98. The Morgan fingerprint density at radius 3 is 2.44 bits per heavy atom. The van der Waals surface area contributed by atoms with Gasteiger partial charge in [0, 0.05) is 6.54 Å². The Morgan fingerprint density at radius 2 is 1.88 bits per heavy atom. The van der Waals surface area contributed by atoms with E-state index >= 15 is 0 Å². The first-order valence-electron chi connectivity index (χ1n) is 7.84. The number of hydrogen-bond acceptors (Lipinski definition) is 6. The van der Waals surface area contributed by atoms with E-state index in [-0.39, 0.29) is 18.1 Å². The van der Waals surface area contributed by atoms with Gasteiger partial charge >= 0.3 is 0 Å². The number of nitrogens with zero attached hydrogens (tertiary/aromatic N) is 3. The molecule has 0 unspecified atom stereocenters. The molecule has 0 bridgehead atoms. The Bertz CT molecular complexity index is 804. The van der Waals surface area contributed by atoms with Crippen LogP contribution in [0.1, 0.15) is 34.7 Å². The van der Waals surface area contributed by atoms with Crippen LogP contribution < -0.4 is 5.32 Å². The average Bonchev–Trinajstić information content (AvgIpc) is 3.38. The number of carbonyl (C=O) groups is 1. The van der Waals surface area contributed by atoms with Crippen molar-refractivity contribution < 1.29 is 19.4 Å². The molecular weight excluding hydrogens is 327 g/mol. The van der Waals surface area contributed by atoms with Gasteiger partial charge in [-0.1, -0.05) is 12.1 Å². The molecule has 1 aromatic carbocycles. The molecule has 0 radical (unpaired) electrons. The van der Waals surface area contributed by atoms with Crippen LogP contribution in [0.5, 0.6) is 11.6 Å². The topological polar surface area (TPSA) is 98.6 Å². The summed E-state index contributed by atoms with van der Waals surface area (Å²) in [7, 11) is 3.74. The van der Waals surface area contributed by atoms with Crippen molar-refractivity contribution in [3.05, 3.63) is 47.2 Å². The molecule has 1 fully saturated rings. The first kappa shape index (κ1) is 17.1. The zero-order chi connectivity index (χ0) is 18.2. The molecule has 1 heterocycles. The third kappa shape index (κ3) is 3.25. The van der Waals surface area contributed by atoms with Gasteiger partial charge in [0.25, 0.3) is 11.8 Å². The smallest absolute Gasteiger partial charge is 0.274 e. The molecule has 0 saturated heterocycles. The number of aromatic nitrogens is 2. The number of rotatable bonds is 5. The van der Waals surface area contributed by atoms with Crippen LogP contribution in [0.2, 0.25) is 0 Å². The molecular formula is C17H19FN4O3. The summed E-state index contributed by atoms with van der Waals surface area (Å²) in [5, 5.41) is 22.4. The normalized spacial score (nSPS) is 15.2. The minimum Gasteiger partial charge on any atom is -0.501 e. The highest BCUT2D eigenvalue weighted by atomic mass is 19.1. The first-order valence-corrected chi connectivity index (χ1v) is 7.84. The molecule has 1 aliphatic carbocycles. The van der Waals surface area contributed by atoms with E-state index in [0.717, 1.165) is 12.8 Å². The Balaban J connectivity index is 1.82. The van der Waals surface area contributed by atoms with E-state index in [2.05, 4.69) is 15.3 Å². The Labute approximate surface area is 144 Å². The van der Waals surface area contributed by atoms with Gasteiger partial charge in [-0.05, 0) is 44.6 Å². The molecule has 0 aliphatic heterocycles. The maximum absolute atomic E-state index is 12.9. The molecule has 1 amide bonds. The summed E-state index contributed by atoms with van der Waals surface area (Å²) in [6, 6.07) is 5.68. The maximum atomic E-state index is 12.9. The number of halogens is 1. The minimum atomic E-state index is -0.657. The second kappa shape index (κ2) is 6.29. The molecule has 1 aliphatic rings. The van der Waals surface area contributed by atoms with Crippen molar-refractivity contribution in [2.45, 2.75) is 24.9 Å². The average molecular weight is 346 g/mol. The fraction of sp³-hybridized carbons (Fsp3) is 0.353. The van der Waals surface area contributed by atoms with Gasteiger partial charge in [-0.2, -0.15) is 4.98 Å². The molecule has 132 valence electrons. The molecule has 1 aromatic heterocycles. The molecule has 8 heteroatoms. The van der Waals surface area contributed by atoms with E-state index in [1.807, 2.05) is 19.0 Å². The fourth-order valence-corrected chi connectivity index (χ4v) is 2.67. The number of nitrogens with one attached hydrogen (secondary N) is 1. The van der Waals surface area contributed by atoms with Crippen LogP contribution >= 0.6 is 0 Å². The number of aromatic hydroxyl groups is 2. The van der Waals surface area contributed by atoms with Crippen LogP contribution in [-0.4, -0.2) is 45.1 Å². The highest BCUT2D eigenvalue weighted by Gasteiger charge is 2.50. The summed E-state index contributed by atoms with van der Waals surface area (Å²) < 4.78 is 12.9. The van der Waals surface area contributed by atoms with Gasteiger partial charge in [-0.25, -0.2) is 9.37 Å². The molecule has 7 nitrogen and oxygen atoms in total. The lowest BCUT2D eigenvalue weighted by Gasteiger charge is -2.22. The van der Waals surface area contributed by atoms with Gasteiger partial charge in [0.1, 0.15) is 5.82 Å². The molecule has 0 spiro atoms. The van der Waals surface area contributed by atoms with Crippen LogP contribution in [0.15, 0.2) is 24.3 Å². The maximum Gasteiger partial charge on any atom is 0.274 e. The molecule has 2 aromatic rings. The molecule has 0 atom stereocenters. The number of amides is 1. The summed E-state index contributed by atoms with van der Waals surface area (Å²) >= 11 is 0. The highest BCUT2D eigenvalue weighted by Crippen LogP contribution is 2.49. The SMILES string of the molecule is CN(C)C1(c2nc(O)c(O)c(C(=O)NCc3ccc(F)cc3)n2)CC1. The standard InChI is InChI=1S/C17H19FN4O3/c1-22(2)17(7-8-17)16-20-12(13(23)15(25)21-16)14(24)19-9-10-3-5-11(18)6-4-10/h3-6,23H,7-9H2,1-2H3,(H,19,24)(H,20,21,25). The second-order valence-electron chi connectivity index (χ2n) is 6.30. The van der Waals surface area contributed by atoms with Crippen molar-refractivity contribution in [1.82, 2.24) is 20.2 Å². The van der Waals surface area contributed by atoms with Crippen molar-refractivity contribution in [2.24, 2.45) is 0 Å². The highest BCUT2D eigenvalue weighted by molar-refractivity contribution is 5.95. The van der Waals surface area contributed by atoms with Gasteiger partial charge in [0.05, 0.1) is 5.54 Å². The largest absolute Gasteiger partial charge is 0.501 e. The van der Waals surface area contributed by atoms with Crippen molar-refractivity contribution >= 4 is 5.91 Å². The second-order valence-corrected chi connectivity index (χ2v) is 6.30. The van der Waals surface area contributed by atoms with E-state index < -0.39 is 23.1 Å². The Morgan fingerprint density at radius 1 is 1.24 bits per heavy atom. The van der Waals surface area contributed by atoms with Crippen LogP contribution in [0.3, 0.4) is 0 Å². The lowest BCUT2D eigenvalue weighted by atomic mass is 10.2. The number of carbonyl (C=O) groups excluding carboxylic acids is 1. The first-order chi connectivity index (χ1) is 11.8. The van der Waals surface area contributed by atoms with Crippen LogP contribution in [-0.2, 0) is 12.1 Å². The lowest BCUT2D eigenvalue weighted by Crippen LogP contribution is -2.31. The van der Waals surface area contributed by atoms with E-state index in [1.165, 1.54) is 12.1 Å². The van der Waals surface area contributed by atoms with E-state index in [4.69, 9.17) is 0 Å². The van der Waals surface area contributed by atoms with Crippen LogP contribution in [0.4, 0.5) is 4.39 Å². The summed E-state index contributed by atoms with van der Waals surface area (Å²) in [6.07, 6.45) is 1.61. The molecule has 1 saturated carbocycles. The van der Waals surface area contributed by atoms with E-state index in [0.29, 0.717) is 11.4 Å². The quantitative estimate of drug-likeness (QED) is 0.759. The Hall–Kier alpha value is -2.74. The summed E-state index contributed by atoms with van der Waals surface area (Å²) in [4.78, 5) is 22.4. The predicted molar refractivity (Wildman–Crippen MR) is 87.5 cm³/mol. The molecule has 3 N–H and O–H groups in total. The van der Waals surface area contributed by atoms with Gasteiger partial charge in [-0.15, -0.1) is 0 Å². The minimum absolute atomic E-state index is 0.136. The van der Waals surface area contributed by atoms with Crippen LogP contribution in [0, 0.1) is 5.82 Å². The van der Waals surface area contributed by atoms with Gasteiger partial charge < -0.3 is 15.5 Å². The molecule has 25 heavy (non-hydrogen) atoms. The Kier molecular flexibility index (Phi) is 4.30. The predicted octanol–water partition coefficient (Wildman–Crippen LogP) is 1.51. The van der Waals surface area contributed by atoms with Crippen molar-refractivity contribution in [3.63, 3.8) is 0 Å². The monoisotopic (exact) mass is 346 g/mol. The zero-order valence-electron chi connectivity index (χ0n) is 14.0. The van der Waals surface area contributed by atoms with Gasteiger partial charge in [0.2, 0.25) is 5.75 Å². The van der Waals surface area contributed by atoms with E-state index in [9.17, 15) is 19.4 Å². The fourth-order valence-electron chi connectivity index (χ4n) is 2.67. The zero-order valence-corrected chi connectivity index (χ0v) is 14.0. The van der Waals surface area contributed by atoms with Crippen molar-refractivity contribution in [1.29, 1.82) is 0 Å². The van der Waals surface area contributed by atoms with Gasteiger partial charge in [-0.3, -0.25) is 9.69 Å².